The summed E-state index contributed by atoms with van der Waals surface area (Å²) >= 11 is 0. The van der Waals surface area contributed by atoms with Gasteiger partial charge in [-0.05, 0) is 70.2 Å². The maximum Gasteiger partial charge on any atom is 1.00 e. The molecule has 67 heavy (non-hydrogen) atoms. The summed E-state index contributed by atoms with van der Waals surface area (Å²) in [5, 5.41) is 72.2. The van der Waals surface area contributed by atoms with Crippen molar-refractivity contribution in [2.75, 3.05) is 14.2 Å². The van der Waals surface area contributed by atoms with Crippen LogP contribution in [0, 0.1) is 5.21 Å². The van der Waals surface area contributed by atoms with Gasteiger partial charge in [0.2, 0.25) is 0 Å². The number of aromatic hydroxyl groups is 4. The minimum Gasteiger partial charge on any atom is -0.744 e. The molecule has 0 amide bonds. The Bertz CT molecular complexity index is 3510. The molecule has 0 aliphatic carbocycles. The van der Waals surface area contributed by atoms with Gasteiger partial charge in [0, 0.05) is 23.3 Å². The molecule has 0 saturated heterocycles. The fraction of sp³-hybridized carbons (Fsp3) is 0.0588. The van der Waals surface area contributed by atoms with Gasteiger partial charge in [0.15, 0.2) is 17.2 Å². The second kappa shape index (κ2) is 22.7. The van der Waals surface area contributed by atoms with E-state index < -0.39 is 116 Å². The molecule has 0 aliphatic heterocycles. The summed E-state index contributed by atoms with van der Waals surface area (Å²) in [4.78, 5) is -4.35. The van der Waals surface area contributed by atoms with Crippen molar-refractivity contribution >= 4 is 96.1 Å². The van der Waals surface area contributed by atoms with E-state index in [0.29, 0.717) is 36.4 Å². The van der Waals surface area contributed by atoms with Crippen LogP contribution in [0.4, 0.5) is 34.1 Å². The van der Waals surface area contributed by atoms with E-state index in [1.54, 1.807) is 0 Å². The normalized spacial score (nSPS) is 12.3. The smallest absolute Gasteiger partial charge is 0.744 e. The molecule has 0 radical (unpaired) electrons. The van der Waals surface area contributed by atoms with Gasteiger partial charge in [-0.1, -0.05) is 0 Å². The van der Waals surface area contributed by atoms with Crippen LogP contribution in [0.3, 0.4) is 0 Å². The Morgan fingerprint density at radius 2 is 0.925 bits per heavy atom. The largest absolute Gasteiger partial charge is 1.00 e. The van der Waals surface area contributed by atoms with Gasteiger partial charge in [0.1, 0.15) is 80.5 Å². The molecule has 6 aromatic rings. The number of hydrogen-bond acceptors (Lipinski definition) is 24. The molecule has 25 nitrogen and oxygen atoms in total. The molecule has 4 N–H and O–H groups in total. The molecule has 0 saturated carbocycles. The fourth-order valence-electron chi connectivity index (χ4n) is 5.81. The van der Waals surface area contributed by atoms with Gasteiger partial charge in [-0.2, -0.15) is 5.11 Å². The summed E-state index contributed by atoms with van der Waals surface area (Å²) in [5.41, 5.74) is -2.73. The van der Waals surface area contributed by atoms with Gasteiger partial charge in [0.05, 0.1) is 50.3 Å². The third-order valence-electron chi connectivity index (χ3n) is 8.58. The van der Waals surface area contributed by atoms with Crippen LogP contribution in [-0.4, -0.2) is 91.4 Å². The van der Waals surface area contributed by atoms with E-state index in [2.05, 4.69) is 25.6 Å². The Kier molecular flexibility index (Phi) is 20.4. The van der Waals surface area contributed by atoms with E-state index in [-0.39, 0.29) is 157 Å². The van der Waals surface area contributed by atoms with Crippen molar-refractivity contribution in [3.8, 4) is 34.5 Å². The van der Waals surface area contributed by atoms with Gasteiger partial charge >= 0.3 is 118 Å². The topological polar surface area (TPSA) is 416 Å². The molecular weight excluding hydrogens is 1020 g/mol. The summed E-state index contributed by atoms with van der Waals surface area (Å²) in [5.74, 6) is -4.61. The van der Waals surface area contributed by atoms with Crippen molar-refractivity contribution in [1.29, 1.82) is 0 Å². The van der Waals surface area contributed by atoms with Gasteiger partial charge in [-0.3, -0.25) is 0 Å². The monoisotopic (exact) mass is 1040 g/mol. The van der Waals surface area contributed by atoms with Crippen molar-refractivity contribution in [3.63, 3.8) is 0 Å². The average Bonchev–Trinajstić information content (AvgIpc) is 3.18. The van der Waals surface area contributed by atoms with Crippen LogP contribution in [0.2, 0.25) is 0 Å². The predicted octanol–water partition coefficient (Wildman–Crippen LogP) is -6.78. The molecule has 0 unspecified atom stereocenters. The zero-order valence-corrected chi connectivity index (χ0v) is 46.4. The van der Waals surface area contributed by atoms with E-state index in [1.807, 2.05) is 0 Å². The number of azo groups is 3. The Labute approximate surface area is 467 Å². The SMILES string of the molecule is COc1cc(N=[N+]([O-])c2ccc(N=Nc3c(S(=O)(=O)[O-])cc4cc(S(=O)(=O)[O-])cc(O)c4c3O)cc2OC)ccc1N=Nc1c(S(=O)(=O)[O-])cc2cc(S(=O)(=O)[O-])cc(O)c2c1O.[Na+].[Na+].[Na+].[Na+]. The number of rotatable bonds is 12. The number of phenolic OH excluding ortho intramolecular Hbond substituents is 4. The van der Waals surface area contributed by atoms with Crippen LogP contribution < -0.4 is 128 Å². The molecule has 6 rings (SSSR count). The standard InChI is InChI=1S/C34H26N6O19S4.4Na/c1-58-25-12-18(3-5-21(25)36-38-32-28(63(55,56)57)10-16-8-20(61(49,50)51)14-24(42)30(16)34(32)44)39-40(45)22-6-4-17(11-26(22)59-2)35-37-31-27(62(52,53)54)9-15-7-19(60(46,47)48)13-23(41)29(15)33(31)43;;;;/h3-14,41-44H,1-2H3,(H,46,47,48)(H,49,50,51)(H,52,53,54)(H,55,56,57);;;;/q;4*+1/p-4. The molecule has 0 spiro atoms. The molecule has 0 atom stereocenters. The first kappa shape index (κ1) is 60.0. The Morgan fingerprint density at radius 3 is 1.34 bits per heavy atom. The quantitative estimate of drug-likeness (QED) is 0.0291. The number of fused-ring (bicyclic) bond motifs is 2. The van der Waals surface area contributed by atoms with Crippen LogP contribution >= 0.6 is 0 Å². The maximum absolute atomic E-state index is 13.2. The molecule has 0 aliphatic rings. The second-order valence-corrected chi connectivity index (χ2v) is 18.0. The number of nitrogens with zero attached hydrogens (tertiary/aromatic N) is 6. The summed E-state index contributed by atoms with van der Waals surface area (Å²) in [6, 6.07) is 10.2. The first-order chi connectivity index (χ1) is 29.2. The van der Waals surface area contributed by atoms with Gasteiger partial charge in [0.25, 0.3) is 5.69 Å². The summed E-state index contributed by atoms with van der Waals surface area (Å²) in [6.45, 7) is 0. The van der Waals surface area contributed by atoms with Crippen LogP contribution in [0.25, 0.3) is 21.5 Å². The molecular formula is C34H22N6Na4O19S4. The van der Waals surface area contributed by atoms with E-state index in [4.69, 9.17) is 9.47 Å². The minimum atomic E-state index is -5.48. The molecule has 0 aromatic heterocycles. The first-order valence-corrected chi connectivity index (χ1v) is 22.1. The van der Waals surface area contributed by atoms with Crippen molar-refractivity contribution in [1.82, 2.24) is 0 Å². The van der Waals surface area contributed by atoms with Crippen LogP contribution in [0.5, 0.6) is 34.5 Å². The van der Waals surface area contributed by atoms with Gasteiger partial charge in [-0.25, -0.2) is 33.7 Å². The molecule has 330 valence electrons. The van der Waals surface area contributed by atoms with Crippen molar-refractivity contribution in [2.45, 2.75) is 19.6 Å². The summed E-state index contributed by atoms with van der Waals surface area (Å²) in [6.07, 6.45) is 0. The minimum absolute atomic E-state index is 0. The summed E-state index contributed by atoms with van der Waals surface area (Å²) < 4.78 is 152. The first-order valence-electron chi connectivity index (χ1n) is 16.5. The van der Waals surface area contributed by atoms with E-state index in [0.717, 1.165) is 44.6 Å². The molecule has 6 aromatic carbocycles. The second-order valence-electron chi connectivity index (χ2n) is 12.5. The maximum atomic E-state index is 13.2. The molecule has 0 bridgehead atoms. The predicted molar refractivity (Wildman–Crippen MR) is 206 cm³/mol. The van der Waals surface area contributed by atoms with E-state index in [1.165, 1.54) is 6.07 Å². The Morgan fingerprint density at radius 1 is 0.507 bits per heavy atom. The van der Waals surface area contributed by atoms with Gasteiger partial charge in [-0.15, -0.1) is 15.3 Å². The average molecular weight is 1040 g/mol. The summed E-state index contributed by atoms with van der Waals surface area (Å²) in [7, 11) is -19.0. The van der Waals surface area contributed by atoms with Crippen LogP contribution in [0.1, 0.15) is 0 Å². The molecule has 33 heteroatoms. The van der Waals surface area contributed by atoms with Crippen molar-refractivity contribution in [3.05, 3.63) is 78.0 Å². The third-order valence-corrected chi connectivity index (χ3v) is 11.9. The van der Waals surface area contributed by atoms with Crippen molar-refractivity contribution < 1.29 is 205 Å². The number of ether oxygens (including phenoxy) is 2. The molecule has 0 heterocycles. The van der Waals surface area contributed by atoms with Crippen LogP contribution in [-0.2, 0) is 40.5 Å². The number of phenols is 4. The van der Waals surface area contributed by atoms with Crippen LogP contribution in [0.15, 0.2) is 118 Å². The number of methoxy groups -OCH3 is 2. The van der Waals surface area contributed by atoms with E-state index in [9.17, 15) is 77.5 Å². The fourth-order valence-corrected chi connectivity index (χ4v) is 8.15. The number of hydrogen-bond donors (Lipinski definition) is 4. The Hall–Kier alpha value is -3.12. The van der Waals surface area contributed by atoms with Gasteiger partial charge < -0.3 is 53.3 Å². The zero-order chi connectivity index (χ0) is 46.6. The Balaban J connectivity index is 0.00000385. The van der Waals surface area contributed by atoms with E-state index >= 15 is 0 Å². The molecule has 0 fully saturated rings. The zero-order valence-electron chi connectivity index (χ0n) is 35.2. The van der Waals surface area contributed by atoms with Crippen molar-refractivity contribution in [2.24, 2.45) is 25.6 Å². The number of benzene rings is 6. The third kappa shape index (κ3) is 13.2.